The number of hydrogen-bond acceptors (Lipinski definition) is 5. The standard InChI is InChI=1S/C19H19N5O/c1-24(2)18-10-6-9-16(22-18)13-20-19(25)15-11-17(23-21-12-15)14-7-4-3-5-8-14/h3-12H,13H2,1-2H3,(H,20,25). The Balaban J connectivity index is 1.71. The molecule has 25 heavy (non-hydrogen) atoms. The largest absolute Gasteiger partial charge is 0.363 e. The number of amides is 1. The van der Waals surface area contributed by atoms with Crippen molar-refractivity contribution in [2.24, 2.45) is 0 Å². The third kappa shape index (κ3) is 4.17. The molecule has 2 aromatic heterocycles. The SMILES string of the molecule is CN(C)c1cccc(CNC(=O)c2cnnc(-c3ccccc3)c2)n1. The molecule has 0 radical (unpaired) electrons. The summed E-state index contributed by atoms with van der Waals surface area (Å²) < 4.78 is 0. The van der Waals surface area contributed by atoms with E-state index in [1.165, 1.54) is 6.20 Å². The molecule has 0 fully saturated rings. The minimum absolute atomic E-state index is 0.205. The van der Waals surface area contributed by atoms with E-state index in [4.69, 9.17) is 0 Å². The second-order valence-electron chi connectivity index (χ2n) is 5.76. The highest BCUT2D eigenvalue weighted by molar-refractivity contribution is 5.94. The highest BCUT2D eigenvalue weighted by Gasteiger charge is 2.09. The molecule has 126 valence electrons. The summed E-state index contributed by atoms with van der Waals surface area (Å²) in [7, 11) is 3.86. The zero-order valence-electron chi connectivity index (χ0n) is 14.2. The fourth-order valence-electron chi connectivity index (χ4n) is 2.33. The number of anilines is 1. The van der Waals surface area contributed by atoms with Crippen molar-refractivity contribution in [2.75, 3.05) is 19.0 Å². The number of carbonyl (C=O) groups excluding carboxylic acids is 1. The third-order valence-corrected chi connectivity index (χ3v) is 3.67. The Hall–Kier alpha value is -3.28. The van der Waals surface area contributed by atoms with E-state index in [0.717, 1.165) is 17.1 Å². The maximum absolute atomic E-state index is 12.4. The summed E-state index contributed by atoms with van der Waals surface area (Å²) in [4.78, 5) is 18.8. The summed E-state index contributed by atoms with van der Waals surface area (Å²) in [5.41, 5.74) is 2.86. The summed E-state index contributed by atoms with van der Waals surface area (Å²) in [6.45, 7) is 0.351. The lowest BCUT2D eigenvalue weighted by molar-refractivity contribution is 0.0950. The molecular formula is C19H19N5O. The van der Waals surface area contributed by atoms with Crippen molar-refractivity contribution in [1.82, 2.24) is 20.5 Å². The predicted molar refractivity (Wildman–Crippen MR) is 97.2 cm³/mol. The topological polar surface area (TPSA) is 71.0 Å². The maximum atomic E-state index is 12.4. The van der Waals surface area contributed by atoms with Gasteiger partial charge in [0.1, 0.15) is 5.82 Å². The van der Waals surface area contributed by atoms with Gasteiger partial charge in [0.05, 0.1) is 29.7 Å². The van der Waals surface area contributed by atoms with Crippen molar-refractivity contribution >= 4 is 11.7 Å². The summed E-state index contributed by atoms with van der Waals surface area (Å²) in [5.74, 6) is 0.646. The van der Waals surface area contributed by atoms with Gasteiger partial charge in [0, 0.05) is 19.7 Å². The summed E-state index contributed by atoms with van der Waals surface area (Å²) in [6, 6.07) is 17.1. The maximum Gasteiger partial charge on any atom is 0.253 e. The second-order valence-corrected chi connectivity index (χ2v) is 5.76. The van der Waals surface area contributed by atoms with Gasteiger partial charge in [-0.1, -0.05) is 36.4 Å². The quantitative estimate of drug-likeness (QED) is 0.777. The van der Waals surface area contributed by atoms with E-state index in [0.29, 0.717) is 17.8 Å². The van der Waals surface area contributed by atoms with Gasteiger partial charge in [0.25, 0.3) is 5.91 Å². The number of carbonyl (C=O) groups is 1. The lowest BCUT2D eigenvalue weighted by Gasteiger charge is -2.12. The number of nitrogens with one attached hydrogen (secondary N) is 1. The van der Waals surface area contributed by atoms with Gasteiger partial charge >= 0.3 is 0 Å². The zero-order chi connectivity index (χ0) is 17.6. The molecule has 0 aliphatic heterocycles. The van der Waals surface area contributed by atoms with Gasteiger partial charge in [-0.2, -0.15) is 10.2 Å². The van der Waals surface area contributed by atoms with Crippen LogP contribution >= 0.6 is 0 Å². The molecule has 0 spiro atoms. The van der Waals surface area contributed by atoms with Gasteiger partial charge in [-0.25, -0.2) is 4.98 Å². The summed E-state index contributed by atoms with van der Waals surface area (Å²) in [6.07, 6.45) is 1.46. The lowest BCUT2D eigenvalue weighted by atomic mass is 10.1. The van der Waals surface area contributed by atoms with E-state index in [9.17, 15) is 4.79 Å². The van der Waals surface area contributed by atoms with Crippen LogP contribution in [0.4, 0.5) is 5.82 Å². The van der Waals surface area contributed by atoms with Crippen LogP contribution in [0.15, 0.2) is 60.8 Å². The lowest BCUT2D eigenvalue weighted by Crippen LogP contribution is -2.24. The van der Waals surface area contributed by atoms with Gasteiger partial charge in [0.2, 0.25) is 0 Å². The van der Waals surface area contributed by atoms with Crippen molar-refractivity contribution < 1.29 is 4.79 Å². The Morgan fingerprint density at radius 1 is 1.08 bits per heavy atom. The molecule has 0 saturated carbocycles. The van der Waals surface area contributed by atoms with Gasteiger partial charge in [-0.05, 0) is 18.2 Å². The highest BCUT2D eigenvalue weighted by Crippen LogP contribution is 2.16. The van der Waals surface area contributed by atoms with E-state index in [1.54, 1.807) is 6.07 Å². The Kier molecular flexibility index (Phi) is 4.99. The average Bonchev–Trinajstić information content (AvgIpc) is 2.67. The van der Waals surface area contributed by atoms with Crippen LogP contribution in [-0.2, 0) is 6.54 Å². The van der Waals surface area contributed by atoms with Crippen molar-refractivity contribution in [2.45, 2.75) is 6.54 Å². The van der Waals surface area contributed by atoms with Gasteiger partial charge in [-0.15, -0.1) is 0 Å². The van der Waals surface area contributed by atoms with Crippen LogP contribution in [0.3, 0.4) is 0 Å². The molecule has 6 nitrogen and oxygen atoms in total. The summed E-state index contributed by atoms with van der Waals surface area (Å²) >= 11 is 0. The fraction of sp³-hybridized carbons (Fsp3) is 0.158. The van der Waals surface area contributed by atoms with Crippen LogP contribution in [0.5, 0.6) is 0 Å². The number of pyridine rings is 1. The van der Waals surface area contributed by atoms with Gasteiger partial charge < -0.3 is 10.2 Å². The molecule has 1 N–H and O–H groups in total. The molecule has 0 unspecified atom stereocenters. The van der Waals surface area contributed by atoms with Crippen molar-refractivity contribution in [3.8, 4) is 11.3 Å². The van der Waals surface area contributed by atoms with Crippen molar-refractivity contribution in [1.29, 1.82) is 0 Å². The highest BCUT2D eigenvalue weighted by atomic mass is 16.1. The first-order valence-corrected chi connectivity index (χ1v) is 7.93. The van der Waals surface area contributed by atoms with Crippen molar-refractivity contribution in [3.63, 3.8) is 0 Å². The second kappa shape index (κ2) is 7.53. The van der Waals surface area contributed by atoms with Gasteiger partial charge in [-0.3, -0.25) is 4.79 Å². The Labute approximate surface area is 146 Å². The minimum Gasteiger partial charge on any atom is -0.363 e. The predicted octanol–water partition coefficient (Wildman–Crippen LogP) is 2.53. The Morgan fingerprint density at radius 2 is 1.88 bits per heavy atom. The summed E-state index contributed by atoms with van der Waals surface area (Å²) in [5, 5.41) is 10.9. The first-order chi connectivity index (χ1) is 12.1. The van der Waals surface area contributed by atoms with Crippen LogP contribution < -0.4 is 10.2 Å². The number of aromatic nitrogens is 3. The van der Waals surface area contributed by atoms with Crippen LogP contribution in [0, 0.1) is 0 Å². The van der Waals surface area contributed by atoms with Gasteiger partial charge in [0.15, 0.2) is 0 Å². The van der Waals surface area contributed by atoms with E-state index < -0.39 is 0 Å². The number of benzene rings is 1. The minimum atomic E-state index is -0.205. The van der Waals surface area contributed by atoms with Crippen LogP contribution in [0.1, 0.15) is 16.1 Å². The molecule has 0 bridgehead atoms. The Bertz CT molecular complexity index is 864. The first-order valence-electron chi connectivity index (χ1n) is 7.93. The molecule has 1 amide bonds. The Morgan fingerprint density at radius 3 is 2.64 bits per heavy atom. The molecule has 3 aromatic rings. The molecule has 0 aliphatic rings. The fourth-order valence-corrected chi connectivity index (χ4v) is 2.33. The number of hydrogen-bond donors (Lipinski definition) is 1. The molecule has 0 atom stereocenters. The molecule has 0 aliphatic carbocycles. The molecule has 6 heteroatoms. The van der Waals surface area contributed by atoms with E-state index >= 15 is 0 Å². The monoisotopic (exact) mass is 333 g/mol. The molecule has 1 aromatic carbocycles. The van der Waals surface area contributed by atoms with Crippen molar-refractivity contribution in [3.05, 3.63) is 72.1 Å². The van der Waals surface area contributed by atoms with E-state index in [-0.39, 0.29) is 5.91 Å². The third-order valence-electron chi connectivity index (χ3n) is 3.67. The van der Waals surface area contributed by atoms with Crippen LogP contribution in [-0.4, -0.2) is 35.2 Å². The van der Waals surface area contributed by atoms with Crippen LogP contribution in [0.25, 0.3) is 11.3 Å². The number of rotatable bonds is 5. The molecule has 2 heterocycles. The smallest absolute Gasteiger partial charge is 0.253 e. The van der Waals surface area contributed by atoms with E-state index in [2.05, 4.69) is 20.5 Å². The molecule has 3 rings (SSSR count). The van der Waals surface area contributed by atoms with E-state index in [1.807, 2.05) is 67.5 Å². The average molecular weight is 333 g/mol. The molecule has 0 saturated heterocycles. The number of nitrogens with zero attached hydrogens (tertiary/aromatic N) is 4. The van der Waals surface area contributed by atoms with Crippen LogP contribution in [0.2, 0.25) is 0 Å². The molecular weight excluding hydrogens is 314 g/mol. The first kappa shape index (κ1) is 16.6. The zero-order valence-corrected chi connectivity index (χ0v) is 14.2. The normalized spacial score (nSPS) is 10.3.